The highest BCUT2D eigenvalue weighted by Crippen LogP contribution is 2.47. The zero-order valence-corrected chi connectivity index (χ0v) is 14.1. The lowest BCUT2D eigenvalue weighted by atomic mass is 9.75. The van der Waals surface area contributed by atoms with Gasteiger partial charge in [-0.1, -0.05) is 42.5 Å². The minimum atomic E-state index is -0.463. The van der Waals surface area contributed by atoms with E-state index < -0.39 is 6.10 Å². The highest BCUT2D eigenvalue weighted by molar-refractivity contribution is 5.83. The van der Waals surface area contributed by atoms with E-state index in [1.165, 1.54) is 23.4 Å². The molecule has 126 valence electrons. The van der Waals surface area contributed by atoms with Crippen molar-refractivity contribution in [3.8, 4) is 0 Å². The maximum Gasteiger partial charge on any atom is 0.310 e. The van der Waals surface area contributed by atoms with Crippen molar-refractivity contribution in [3.63, 3.8) is 0 Å². The largest absolute Gasteiger partial charge is 0.469 e. The number of rotatable bonds is 2. The van der Waals surface area contributed by atoms with Crippen LogP contribution in [0.3, 0.4) is 0 Å². The molecule has 0 amide bonds. The number of aliphatic hydroxyl groups excluding tert-OH is 1. The highest BCUT2D eigenvalue weighted by atomic mass is 16.5. The molecule has 4 heteroatoms. The molecule has 2 fully saturated rings. The monoisotopic (exact) mass is 325 g/mol. The van der Waals surface area contributed by atoms with Crippen LogP contribution in [0.25, 0.3) is 10.8 Å². The van der Waals surface area contributed by atoms with Crippen LogP contribution in [-0.4, -0.2) is 48.3 Å². The Bertz CT molecular complexity index is 774. The van der Waals surface area contributed by atoms with Crippen molar-refractivity contribution in [2.75, 3.05) is 14.2 Å². The molecule has 2 aromatic carbocycles. The number of carbonyl (C=O) groups is 1. The molecule has 4 nitrogen and oxygen atoms in total. The molecule has 2 aliphatic rings. The Morgan fingerprint density at radius 2 is 1.92 bits per heavy atom. The third kappa shape index (κ3) is 2.33. The Morgan fingerprint density at radius 3 is 2.67 bits per heavy atom. The second-order valence-electron chi connectivity index (χ2n) is 7.11. The molecule has 0 spiro atoms. The Hall–Kier alpha value is -1.91. The van der Waals surface area contributed by atoms with E-state index in [0.29, 0.717) is 6.04 Å². The maximum absolute atomic E-state index is 12.5. The Kier molecular flexibility index (Phi) is 3.82. The summed E-state index contributed by atoms with van der Waals surface area (Å²) in [4.78, 5) is 14.7. The number of nitrogens with zero attached hydrogens (tertiary/aromatic N) is 1. The van der Waals surface area contributed by atoms with Crippen LogP contribution in [0.15, 0.2) is 42.5 Å². The van der Waals surface area contributed by atoms with Crippen molar-refractivity contribution in [2.45, 2.75) is 36.9 Å². The number of esters is 1. The van der Waals surface area contributed by atoms with E-state index in [1.807, 2.05) is 19.2 Å². The van der Waals surface area contributed by atoms with Crippen LogP contribution >= 0.6 is 0 Å². The van der Waals surface area contributed by atoms with Crippen molar-refractivity contribution >= 4 is 16.7 Å². The first-order chi connectivity index (χ1) is 11.6. The Morgan fingerprint density at radius 1 is 1.17 bits per heavy atom. The fourth-order valence-electron chi connectivity index (χ4n) is 4.75. The standard InChI is InChI=1S/C20H23NO3/c1-21-15-10-16(18(20(23)24-2)19(21)17(22)11-15)14-8-7-12-5-3-4-6-13(12)9-14/h3-9,15-19,22H,10-11H2,1-2H3/t15-,16+,17-,18+,19-/m1/s1. The number of methoxy groups -OCH3 is 1. The molecule has 0 unspecified atom stereocenters. The van der Waals surface area contributed by atoms with Crippen LogP contribution in [0.4, 0.5) is 0 Å². The molecule has 5 atom stereocenters. The van der Waals surface area contributed by atoms with Gasteiger partial charge < -0.3 is 9.84 Å². The zero-order chi connectivity index (χ0) is 16.8. The number of ether oxygens (including phenoxy) is 1. The van der Waals surface area contributed by atoms with E-state index in [0.717, 1.165) is 12.8 Å². The quantitative estimate of drug-likeness (QED) is 0.862. The van der Waals surface area contributed by atoms with Crippen LogP contribution in [0.2, 0.25) is 0 Å². The van der Waals surface area contributed by atoms with Crippen LogP contribution in [0, 0.1) is 5.92 Å². The summed E-state index contributed by atoms with van der Waals surface area (Å²) in [6.07, 6.45) is 1.15. The molecule has 2 bridgehead atoms. The molecular formula is C20H23NO3. The lowest BCUT2D eigenvalue weighted by Crippen LogP contribution is -2.51. The minimum absolute atomic E-state index is 0.0883. The number of likely N-dealkylation sites (N-methyl/N-ethyl adjacent to an activating group) is 1. The van der Waals surface area contributed by atoms with Gasteiger partial charge in [0.15, 0.2) is 0 Å². The predicted molar refractivity (Wildman–Crippen MR) is 92.8 cm³/mol. The zero-order valence-electron chi connectivity index (χ0n) is 14.1. The number of aliphatic hydroxyl groups is 1. The van der Waals surface area contributed by atoms with Crippen LogP contribution in [-0.2, 0) is 9.53 Å². The third-order valence-corrected chi connectivity index (χ3v) is 5.96. The molecule has 2 aliphatic heterocycles. The normalized spacial score (nSPS) is 32.9. The first-order valence-corrected chi connectivity index (χ1v) is 8.56. The Labute approximate surface area is 142 Å². The summed E-state index contributed by atoms with van der Waals surface area (Å²) in [5.41, 5.74) is 1.17. The second-order valence-corrected chi connectivity index (χ2v) is 7.11. The first kappa shape index (κ1) is 15.6. The molecule has 2 aromatic rings. The number of piperidine rings is 1. The van der Waals surface area contributed by atoms with E-state index in [4.69, 9.17) is 4.74 Å². The van der Waals surface area contributed by atoms with Crippen LogP contribution < -0.4 is 0 Å². The van der Waals surface area contributed by atoms with Gasteiger partial charge in [-0.3, -0.25) is 9.69 Å². The number of carbonyl (C=O) groups excluding carboxylic acids is 1. The number of fused-ring (bicyclic) bond motifs is 3. The van der Waals surface area contributed by atoms with Gasteiger partial charge in [-0.05, 0) is 36.2 Å². The van der Waals surface area contributed by atoms with Crippen molar-refractivity contribution in [1.29, 1.82) is 0 Å². The van der Waals surface area contributed by atoms with E-state index in [-0.39, 0.29) is 23.8 Å². The van der Waals surface area contributed by atoms with Crippen molar-refractivity contribution in [1.82, 2.24) is 4.90 Å². The molecule has 0 saturated carbocycles. The molecule has 2 heterocycles. The van der Waals surface area contributed by atoms with Gasteiger partial charge in [-0.25, -0.2) is 0 Å². The maximum atomic E-state index is 12.5. The van der Waals surface area contributed by atoms with E-state index >= 15 is 0 Å². The third-order valence-electron chi connectivity index (χ3n) is 5.96. The van der Waals surface area contributed by atoms with E-state index in [9.17, 15) is 9.90 Å². The van der Waals surface area contributed by atoms with Crippen molar-refractivity contribution in [2.24, 2.45) is 5.92 Å². The first-order valence-electron chi connectivity index (χ1n) is 8.56. The number of hydrogen-bond acceptors (Lipinski definition) is 4. The van der Waals surface area contributed by atoms with Gasteiger partial charge in [0.05, 0.1) is 19.1 Å². The molecular weight excluding hydrogens is 302 g/mol. The summed E-state index contributed by atoms with van der Waals surface area (Å²) in [7, 11) is 3.45. The topological polar surface area (TPSA) is 49.8 Å². The summed E-state index contributed by atoms with van der Waals surface area (Å²) < 4.78 is 5.10. The highest BCUT2D eigenvalue weighted by Gasteiger charge is 2.53. The van der Waals surface area contributed by atoms with Gasteiger partial charge in [0, 0.05) is 18.0 Å². The van der Waals surface area contributed by atoms with Crippen LogP contribution in [0.5, 0.6) is 0 Å². The Balaban J connectivity index is 1.78. The van der Waals surface area contributed by atoms with Gasteiger partial charge >= 0.3 is 5.97 Å². The molecule has 4 rings (SSSR count). The molecule has 0 aliphatic carbocycles. The summed E-state index contributed by atoms with van der Waals surface area (Å²) in [5, 5.41) is 12.9. The lowest BCUT2D eigenvalue weighted by molar-refractivity contribution is -0.151. The molecule has 0 radical (unpaired) electrons. The number of hydrogen-bond donors (Lipinski definition) is 1. The van der Waals surface area contributed by atoms with Gasteiger partial charge in [-0.2, -0.15) is 0 Å². The SMILES string of the molecule is COC(=O)[C@@H]1[C@H]2[C@H](O)C[C@@H](C[C@H]1c1ccc3ccccc3c1)N2C. The minimum Gasteiger partial charge on any atom is -0.469 e. The van der Waals surface area contributed by atoms with Gasteiger partial charge in [-0.15, -0.1) is 0 Å². The summed E-state index contributed by atoms with van der Waals surface area (Å²) in [6, 6.07) is 14.9. The average Bonchev–Trinajstić information content (AvgIpc) is 2.79. The lowest BCUT2D eigenvalue weighted by Gasteiger charge is -2.42. The fraction of sp³-hybridized carbons (Fsp3) is 0.450. The predicted octanol–water partition coefficient (Wildman–Crippen LogP) is 2.55. The molecule has 0 aromatic heterocycles. The average molecular weight is 325 g/mol. The molecule has 24 heavy (non-hydrogen) atoms. The van der Waals surface area contributed by atoms with Gasteiger partial charge in [0.2, 0.25) is 0 Å². The second kappa shape index (κ2) is 5.87. The molecule has 1 N–H and O–H groups in total. The summed E-state index contributed by atoms with van der Waals surface area (Å²) in [6.45, 7) is 0. The van der Waals surface area contributed by atoms with Gasteiger partial charge in [0.25, 0.3) is 0 Å². The molecule has 2 saturated heterocycles. The van der Waals surface area contributed by atoms with Crippen molar-refractivity contribution < 1.29 is 14.6 Å². The smallest absolute Gasteiger partial charge is 0.310 e. The van der Waals surface area contributed by atoms with Crippen molar-refractivity contribution in [3.05, 3.63) is 48.0 Å². The summed E-state index contributed by atoms with van der Waals surface area (Å²) >= 11 is 0. The number of benzene rings is 2. The van der Waals surface area contributed by atoms with E-state index in [2.05, 4.69) is 35.2 Å². The summed E-state index contributed by atoms with van der Waals surface area (Å²) in [5.74, 6) is -0.454. The van der Waals surface area contributed by atoms with E-state index in [1.54, 1.807) is 0 Å². The van der Waals surface area contributed by atoms with Crippen LogP contribution in [0.1, 0.15) is 24.3 Å². The fourth-order valence-corrected chi connectivity index (χ4v) is 4.75. The van der Waals surface area contributed by atoms with Gasteiger partial charge in [0.1, 0.15) is 0 Å².